The summed E-state index contributed by atoms with van der Waals surface area (Å²) in [5, 5.41) is 18.8. The fraction of sp³-hybridized carbons (Fsp3) is 0.462. The predicted octanol–water partition coefficient (Wildman–Crippen LogP) is 2.83. The van der Waals surface area contributed by atoms with E-state index < -0.39 is 42.2 Å². The van der Waals surface area contributed by atoms with Crippen LogP contribution in [0.1, 0.15) is 46.8 Å². The second-order valence-corrected chi connectivity index (χ2v) is 9.15. The molecular formula is C26H36F3N5O3. The van der Waals surface area contributed by atoms with Crippen LogP contribution in [0.5, 0.6) is 0 Å². The van der Waals surface area contributed by atoms with Crippen LogP contribution in [0.15, 0.2) is 36.4 Å². The molecule has 0 bridgehead atoms. The molecule has 11 heteroatoms. The van der Waals surface area contributed by atoms with Crippen molar-refractivity contribution in [1.82, 2.24) is 16.0 Å². The Labute approximate surface area is 215 Å². The van der Waals surface area contributed by atoms with E-state index in [2.05, 4.69) is 22.0 Å². The van der Waals surface area contributed by atoms with Gasteiger partial charge in [0.15, 0.2) is 0 Å². The molecule has 2 atom stereocenters. The van der Waals surface area contributed by atoms with Gasteiger partial charge in [0, 0.05) is 38.6 Å². The molecule has 0 saturated carbocycles. The van der Waals surface area contributed by atoms with Crippen molar-refractivity contribution in [2.45, 2.75) is 51.6 Å². The number of rotatable bonds is 12. The lowest BCUT2D eigenvalue weighted by Gasteiger charge is -2.25. The number of aryl methyl sites for hydroxylation is 1. The third kappa shape index (κ3) is 8.94. The van der Waals surface area contributed by atoms with E-state index in [1.54, 1.807) is 0 Å². The monoisotopic (exact) mass is 523 g/mol. The van der Waals surface area contributed by atoms with E-state index in [0.29, 0.717) is 25.5 Å². The van der Waals surface area contributed by atoms with Crippen LogP contribution in [0.25, 0.3) is 0 Å². The summed E-state index contributed by atoms with van der Waals surface area (Å²) in [6.07, 6.45) is -4.31. The lowest BCUT2D eigenvalue weighted by atomic mass is 10.0. The van der Waals surface area contributed by atoms with Crippen molar-refractivity contribution in [3.63, 3.8) is 0 Å². The summed E-state index contributed by atoms with van der Waals surface area (Å²) in [5.74, 6) is -1.49. The van der Waals surface area contributed by atoms with E-state index in [0.717, 1.165) is 28.9 Å². The van der Waals surface area contributed by atoms with Gasteiger partial charge in [-0.15, -0.1) is 0 Å². The van der Waals surface area contributed by atoms with Crippen LogP contribution in [-0.2, 0) is 17.5 Å². The molecular weight excluding hydrogens is 487 g/mol. The van der Waals surface area contributed by atoms with Crippen molar-refractivity contribution in [3.8, 4) is 0 Å². The number of nitrogens with one attached hydrogen (secondary N) is 3. The van der Waals surface area contributed by atoms with Gasteiger partial charge in [-0.3, -0.25) is 9.59 Å². The fourth-order valence-electron chi connectivity index (χ4n) is 3.74. The van der Waals surface area contributed by atoms with Gasteiger partial charge in [-0.2, -0.15) is 13.2 Å². The number of anilines is 2. The van der Waals surface area contributed by atoms with Crippen LogP contribution in [0.4, 0.5) is 24.5 Å². The van der Waals surface area contributed by atoms with Crippen molar-refractivity contribution in [2.24, 2.45) is 0 Å². The van der Waals surface area contributed by atoms with E-state index in [1.165, 1.54) is 0 Å². The van der Waals surface area contributed by atoms with E-state index in [4.69, 9.17) is 5.73 Å². The zero-order valence-electron chi connectivity index (χ0n) is 21.6. The normalized spacial score (nSPS) is 13.1. The summed E-state index contributed by atoms with van der Waals surface area (Å²) >= 11 is 0. The number of aliphatic hydroxyl groups excluding tert-OH is 1. The summed E-state index contributed by atoms with van der Waals surface area (Å²) < 4.78 is 38.9. The Morgan fingerprint density at radius 2 is 1.84 bits per heavy atom. The second kappa shape index (κ2) is 13.3. The first-order chi connectivity index (χ1) is 17.3. The number of aliphatic hydroxyl groups is 1. The summed E-state index contributed by atoms with van der Waals surface area (Å²) in [5.41, 5.74) is 7.39. The average Bonchev–Trinajstić information content (AvgIpc) is 2.82. The molecule has 0 saturated heterocycles. The maximum atomic E-state index is 13.0. The first-order valence-corrected chi connectivity index (χ1v) is 12.0. The van der Waals surface area contributed by atoms with Crippen molar-refractivity contribution < 1.29 is 27.9 Å². The molecule has 8 nitrogen and oxygen atoms in total. The first-order valence-electron chi connectivity index (χ1n) is 12.0. The molecule has 0 aliphatic rings. The maximum absolute atomic E-state index is 13.0. The van der Waals surface area contributed by atoms with E-state index in [9.17, 15) is 27.9 Å². The quantitative estimate of drug-likeness (QED) is 0.273. The van der Waals surface area contributed by atoms with Gasteiger partial charge in [-0.25, -0.2) is 0 Å². The molecule has 2 amide bonds. The van der Waals surface area contributed by atoms with E-state index in [-0.39, 0.29) is 17.8 Å². The Kier molecular flexibility index (Phi) is 10.8. The summed E-state index contributed by atoms with van der Waals surface area (Å²) in [4.78, 5) is 26.9. The molecule has 0 aliphatic carbocycles. The number of nitrogens with two attached hydrogens (primary N) is 1. The fourth-order valence-corrected chi connectivity index (χ4v) is 3.74. The SMILES string of the molecule is CCC[C@H](O)[C@H](CNCc1ccc(N(C)C)cc1C)NC(=O)CNC(=O)c1cc(C(F)(F)F)ccc1N. The third-order valence-electron chi connectivity index (χ3n) is 5.95. The second-order valence-electron chi connectivity index (χ2n) is 9.15. The lowest BCUT2D eigenvalue weighted by Crippen LogP contribution is -2.51. The number of nitrogens with zero attached hydrogens (tertiary/aromatic N) is 1. The molecule has 0 fully saturated rings. The summed E-state index contributed by atoms with van der Waals surface area (Å²) in [7, 11) is 3.93. The number of nitrogen functional groups attached to an aromatic ring is 1. The topological polar surface area (TPSA) is 120 Å². The Balaban J connectivity index is 1.97. The average molecular weight is 524 g/mol. The Bertz CT molecular complexity index is 1080. The zero-order valence-corrected chi connectivity index (χ0v) is 21.6. The van der Waals surface area contributed by atoms with Gasteiger partial charge < -0.3 is 31.7 Å². The predicted molar refractivity (Wildman–Crippen MR) is 138 cm³/mol. The minimum atomic E-state index is -4.64. The number of hydrogen-bond donors (Lipinski definition) is 5. The van der Waals surface area contributed by atoms with Gasteiger partial charge in [-0.05, 0) is 54.8 Å². The molecule has 0 radical (unpaired) electrons. The van der Waals surface area contributed by atoms with E-state index >= 15 is 0 Å². The summed E-state index contributed by atoms with van der Waals surface area (Å²) in [6.45, 7) is 4.22. The largest absolute Gasteiger partial charge is 0.416 e. The zero-order chi connectivity index (χ0) is 27.8. The number of halogens is 3. The number of amides is 2. The van der Waals surface area contributed by atoms with Gasteiger partial charge in [0.05, 0.1) is 29.8 Å². The van der Waals surface area contributed by atoms with Crippen LogP contribution < -0.4 is 26.6 Å². The Hall–Kier alpha value is -3.31. The molecule has 0 aliphatic heterocycles. The standard InChI is InChI=1S/C26H36F3N5O3/c1-5-6-23(35)22(14-31-13-17-7-9-19(34(3)4)11-16(17)2)33-24(36)15-32-25(37)20-12-18(26(27,28)29)8-10-21(20)30/h7-12,22-23,31,35H,5-6,13-15,30H2,1-4H3,(H,32,37)(H,33,36)/t22-,23-/m0/s1. The highest BCUT2D eigenvalue weighted by atomic mass is 19.4. The molecule has 2 aromatic carbocycles. The molecule has 6 N–H and O–H groups in total. The van der Waals surface area contributed by atoms with Gasteiger partial charge in [0.2, 0.25) is 5.91 Å². The van der Waals surface area contributed by atoms with Crippen LogP contribution >= 0.6 is 0 Å². The Morgan fingerprint density at radius 1 is 1.14 bits per heavy atom. The highest BCUT2D eigenvalue weighted by molar-refractivity contribution is 6.00. The molecule has 2 rings (SSSR count). The Morgan fingerprint density at radius 3 is 2.43 bits per heavy atom. The molecule has 0 spiro atoms. The number of alkyl halides is 3. The van der Waals surface area contributed by atoms with Crippen LogP contribution in [0, 0.1) is 6.92 Å². The van der Waals surface area contributed by atoms with Crippen molar-refractivity contribution in [3.05, 3.63) is 58.7 Å². The van der Waals surface area contributed by atoms with Crippen LogP contribution in [-0.4, -0.2) is 56.3 Å². The smallest absolute Gasteiger partial charge is 0.398 e. The van der Waals surface area contributed by atoms with Gasteiger partial charge in [0.25, 0.3) is 5.91 Å². The molecule has 37 heavy (non-hydrogen) atoms. The summed E-state index contributed by atoms with van der Waals surface area (Å²) in [6, 6.07) is 7.89. The number of hydrogen-bond acceptors (Lipinski definition) is 6. The van der Waals surface area contributed by atoms with Crippen LogP contribution in [0.2, 0.25) is 0 Å². The van der Waals surface area contributed by atoms with Crippen molar-refractivity contribution >= 4 is 23.2 Å². The minimum Gasteiger partial charge on any atom is -0.398 e. The number of carbonyl (C=O) groups is 2. The molecule has 0 unspecified atom stereocenters. The first kappa shape index (κ1) is 29.9. The maximum Gasteiger partial charge on any atom is 0.416 e. The highest BCUT2D eigenvalue weighted by Gasteiger charge is 2.31. The van der Waals surface area contributed by atoms with Gasteiger partial charge >= 0.3 is 6.18 Å². The highest BCUT2D eigenvalue weighted by Crippen LogP contribution is 2.31. The van der Waals surface area contributed by atoms with Crippen molar-refractivity contribution in [1.29, 1.82) is 0 Å². The van der Waals surface area contributed by atoms with Gasteiger partial charge in [0.1, 0.15) is 0 Å². The molecule has 0 heterocycles. The van der Waals surface area contributed by atoms with Crippen LogP contribution in [0.3, 0.4) is 0 Å². The number of benzene rings is 2. The molecule has 204 valence electrons. The third-order valence-corrected chi connectivity index (χ3v) is 5.95. The number of carbonyl (C=O) groups excluding carboxylic acids is 2. The van der Waals surface area contributed by atoms with Crippen molar-refractivity contribution in [2.75, 3.05) is 37.8 Å². The van der Waals surface area contributed by atoms with E-state index in [1.807, 2.05) is 45.0 Å². The molecule has 0 aromatic heterocycles. The molecule has 2 aromatic rings. The lowest BCUT2D eigenvalue weighted by molar-refractivity contribution is -0.137. The minimum absolute atomic E-state index is 0.139. The van der Waals surface area contributed by atoms with Gasteiger partial charge in [-0.1, -0.05) is 19.4 Å².